The van der Waals surface area contributed by atoms with Crippen LogP contribution >= 0.6 is 0 Å². The van der Waals surface area contributed by atoms with Gasteiger partial charge in [-0.3, -0.25) is 17.2 Å². The molecule has 0 radical (unpaired) electrons. The molecule has 86 valence electrons. The fourth-order valence-corrected chi connectivity index (χ4v) is 1.63. The molecule has 1 heterocycles. The van der Waals surface area contributed by atoms with Crippen molar-refractivity contribution in [1.82, 2.24) is 5.32 Å². The van der Waals surface area contributed by atoms with Gasteiger partial charge < -0.3 is 15.0 Å². The number of nitro groups is 1. The summed E-state index contributed by atoms with van der Waals surface area (Å²) in [7, 11) is 3.61. The van der Waals surface area contributed by atoms with Gasteiger partial charge in [0.1, 0.15) is 6.73 Å². The Labute approximate surface area is 142 Å². The molecule has 0 aliphatic carbocycles. The zero-order valence-electron chi connectivity index (χ0n) is 9.63. The zero-order valence-corrected chi connectivity index (χ0v) is 12.8. The summed E-state index contributed by atoms with van der Waals surface area (Å²) in [6.45, 7) is 1.02. The van der Waals surface area contributed by atoms with Crippen LogP contribution < -0.4 is 61.6 Å². The maximum absolute atomic E-state index is 10.5. The maximum Gasteiger partial charge on any atom is 1.00 e. The van der Waals surface area contributed by atoms with Gasteiger partial charge >= 0.3 is 51.4 Å². The average molecular weight is 261 g/mol. The van der Waals surface area contributed by atoms with E-state index >= 15 is 0 Å². The third-order valence-electron chi connectivity index (χ3n) is 2.51. The number of rotatable bonds is 3. The smallest absolute Gasteiger partial charge is 0.451 e. The molecule has 1 fully saturated rings. The van der Waals surface area contributed by atoms with Gasteiger partial charge in [0.2, 0.25) is 0 Å². The summed E-state index contributed by atoms with van der Waals surface area (Å²) >= 11 is 0. The first-order valence-corrected chi connectivity index (χ1v) is 4.84. The molecule has 1 aliphatic rings. The van der Waals surface area contributed by atoms with Crippen LogP contribution in [0.15, 0.2) is 24.3 Å². The predicted molar refractivity (Wildman–Crippen MR) is 58.7 cm³/mol. The van der Waals surface area contributed by atoms with Gasteiger partial charge in [-0.1, -0.05) is 0 Å². The van der Waals surface area contributed by atoms with Crippen molar-refractivity contribution in [2.45, 2.75) is 6.17 Å². The number of hydrogen-bond acceptors (Lipinski definition) is 5. The fourth-order valence-electron chi connectivity index (χ4n) is 1.63. The first-order chi connectivity index (χ1) is 7.72. The Morgan fingerprint density at radius 3 is 2.65 bits per heavy atom. The van der Waals surface area contributed by atoms with Crippen molar-refractivity contribution in [3.8, 4) is 0 Å². The Kier molecular flexibility index (Phi) is 6.00. The summed E-state index contributed by atoms with van der Waals surface area (Å²) in [5.41, 5.74) is 0.965. The minimum Gasteiger partial charge on any atom is -0.451 e. The number of benzene rings is 1. The Bertz CT molecular complexity index is 385. The van der Waals surface area contributed by atoms with Crippen LogP contribution in [0.2, 0.25) is 0 Å². The van der Waals surface area contributed by atoms with E-state index in [2.05, 4.69) is 12.4 Å². The van der Waals surface area contributed by atoms with Crippen LogP contribution in [0.4, 0.5) is 11.4 Å². The van der Waals surface area contributed by atoms with Crippen molar-refractivity contribution < 1.29 is 61.0 Å². The van der Waals surface area contributed by atoms with E-state index < -0.39 is 4.92 Å². The molecule has 7 heteroatoms. The largest absolute Gasteiger partial charge is 1.00 e. The second-order valence-corrected chi connectivity index (χ2v) is 3.46. The summed E-state index contributed by atoms with van der Waals surface area (Å²) in [5.74, 6) is 0. The molecule has 1 atom stereocenters. The van der Waals surface area contributed by atoms with Gasteiger partial charge in [0, 0.05) is 17.8 Å². The molecule has 6 nitrogen and oxygen atoms in total. The molecule has 1 saturated heterocycles. The Balaban J connectivity index is 0.00000144. The number of nitrogens with zero attached hydrogens (tertiary/aromatic N) is 2. The van der Waals surface area contributed by atoms with Crippen LogP contribution in [0.1, 0.15) is 0 Å². The quantitative estimate of drug-likeness (QED) is 0.298. The topological polar surface area (TPSA) is 67.6 Å². The van der Waals surface area contributed by atoms with E-state index in [9.17, 15) is 10.1 Å². The van der Waals surface area contributed by atoms with E-state index in [4.69, 9.17) is 4.74 Å². The van der Waals surface area contributed by atoms with E-state index in [0.29, 0.717) is 13.3 Å². The number of hydrogen-bond donors (Lipinski definition) is 1. The molecule has 0 bridgehead atoms. The molecule has 0 spiro atoms. The third-order valence-corrected chi connectivity index (χ3v) is 2.51. The molecule has 17 heavy (non-hydrogen) atoms. The first-order valence-electron chi connectivity index (χ1n) is 4.84. The minimum atomic E-state index is -0.415. The molecule has 1 N–H and O–H groups in total. The van der Waals surface area contributed by atoms with E-state index in [1.54, 1.807) is 12.1 Å². The number of anilines is 1. The van der Waals surface area contributed by atoms with Crippen molar-refractivity contribution in [2.24, 2.45) is 0 Å². The van der Waals surface area contributed by atoms with Crippen LogP contribution in [0.3, 0.4) is 0 Å². The first kappa shape index (κ1) is 15.0. The number of ether oxygens (including phenoxy) is 1. The maximum atomic E-state index is 10.5. The monoisotopic (exact) mass is 261 g/mol. The van der Waals surface area contributed by atoms with Crippen LogP contribution in [0.25, 0.3) is 0 Å². The second kappa shape index (κ2) is 6.79. The predicted octanol–water partition coefficient (Wildman–Crippen LogP) is -1.90. The van der Waals surface area contributed by atoms with Crippen LogP contribution in [-0.4, -0.2) is 24.4 Å². The van der Waals surface area contributed by atoms with Gasteiger partial charge in [0.05, 0.1) is 17.7 Å². The van der Waals surface area contributed by atoms with Gasteiger partial charge in [0.25, 0.3) is 5.69 Å². The standard InChI is InChI=1S/C10H12N3O3.K/c1-11-10-6-16-7-12(10)8-2-4-9(5-3-8)13(14)15;/h2-5,10-11H,1,6-7H2;/q-1;+1. The molecule has 0 saturated carbocycles. The van der Waals surface area contributed by atoms with Crippen molar-refractivity contribution in [1.29, 1.82) is 0 Å². The molecule has 1 aliphatic heterocycles. The van der Waals surface area contributed by atoms with Crippen LogP contribution in [0, 0.1) is 17.2 Å². The van der Waals surface area contributed by atoms with Crippen molar-refractivity contribution in [3.05, 3.63) is 41.4 Å². The molecule has 1 unspecified atom stereocenters. The SMILES string of the molecule is [CH2-]NC1COCN1c1ccc([N+](=O)[O-])cc1.[K+]. The Morgan fingerprint density at radius 1 is 1.47 bits per heavy atom. The fraction of sp³-hybridized carbons (Fsp3) is 0.300. The molecular weight excluding hydrogens is 249 g/mol. The van der Waals surface area contributed by atoms with Gasteiger partial charge in [-0.15, -0.1) is 0 Å². The number of nitrogens with one attached hydrogen (secondary N) is 1. The minimum absolute atomic E-state index is 0. The van der Waals surface area contributed by atoms with E-state index in [1.807, 2.05) is 4.90 Å². The Morgan fingerprint density at radius 2 is 2.12 bits per heavy atom. The Hall–Kier alpha value is -0.0236. The van der Waals surface area contributed by atoms with Crippen molar-refractivity contribution >= 4 is 11.4 Å². The molecule has 0 aromatic heterocycles. The van der Waals surface area contributed by atoms with E-state index in [1.165, 1.54) is 12.1 Å². The molecular formula is C10H12KN3O3. The molecule has 1 aromatic rings. The second-order valence-electron chi connectivity index (χ2n) is 3.46. The average Bonchev–Trinajstić information content (AvgIpc) is 2.77. The summed E-state index contributed by atoms with van der Waals surface area (Å²) in [6.07, 6.45) is 0.0152. The van der Waals surface area contributed by atoms with Crippen molar-refractivity contribution in [3.63, 3.8) is 0 Å². The van der Waals surface area contributed by atoms with E-state index in [-0.39, 0.29) is 63.2 Å². The van der Waals surface area contributed by atoms with Gasteiger partial charge in [-0.05, 0) is 12.1 Å². The van der Waals surface area contributed by atoms with Crippen LogP contribution in [-0.2, 0) is 4.74 Å². The number of nitro benzene ring substituents is 1. The third kappa shape index (κ3) is 3.47. The van der Waals surface area contributed by atoms with Crippen LogP contribution in [0.5, 0.6) is 0 Å². The van der Waals surface area contributed by atoms with Crippen molar-refractivity contribution in [2.75, 3.05) is 18.2 Å². The molecule has 2 rings (SSSR count). The summed E-state index contributed by atoms with van der Waals surface area (Å²) < 4.78 is 5.28. The molecule has 0 amide bonds. The summed E-state index contributed by atoms with van der Waals surface area (Å²) in [4.78, 5) is 12.0. The summed E-state index contributed by atoms with van der Waals surface area (Å²) in [5, 5.41) is 13.4. The van der Waals surface area contributed by atoms with Gasteiger partial charge in [-0.2, -0.15) is 0 Å². The van der Waals surface area contributed by atoms with Gasteiger partial charge in [-0.25, -0.2) is 0 Å². The molecule has 1 aromatic carbocycles. The van der Waals surface area contributed by atoms with E-state index in [0.717, 1.165) is 5.69 Å². The zero-order chi connectivity index (χ0) is 11.5. The summed E-state index contributed by atoms with van der Waals surface area (Å²) in [6, 6.07) is 6.37. The number of non-ortho nitro benzene ring substituents is 1. The van der Waals surface area contributed by atoms with Gasteiger partial charge in [0.15, 0.2) is 0 Å². The normalized spacial score (nSPS) is 18.9.